The number of sulfonamides is 1. The fraction of sp³-hybridized carbons (Fsp3) is 0. The van der Waals surface area contributed by atoms with Crippen molar-refractivity contribution in [3.05, 3.63) is 41.8 Å². The Labute approximate surface area is 118 Å². The van der Waals surface area contributed by atoms with Gasteiger partial charge in [0, 0.05) is 11.8 Å². The van der Waals surface area contributed by atoms with Crippen LogP contribution in [0.15, 0.2) is 39.8 Å². The lowest BCUT2D eigenvalue weighted by Crippen LogP contribution is -2.15. The van der Waals surface area contributed by atoms with Gasteiger partial charge in [-0.25, -0.2) is 18.4 Å². The summed E-state index contributed by atoms with van der Waals surface area (Å²) >= 11 is 0. The van der Waals surface area contributed by atoms with Gasteiger partial charge in [0.2, 0.25) is 15.8 Å². The van der Waals surface area contributed by atoms with Crippen molar-refractivity contribution in [2.45, 2.75) is 4.90 Å². The van der Waals surface area contributed by atoms with Gasteiger partial charge in [0.25, 0.3) is 5.91 Å². The van der Waals surface area contributed by atoms with Gasteiger partial charge in [0.1, 0.15) is 0 Å². The molecule has 0 bridgehead atoms. The number of nitrogens with zero attached hydrogens (tertiary/aromatic N) is 1. The van der Waals surface area contributed by atoms with Crippen LogP contribution in [0.3, 0.4) is 0 Å². The second-order valence-electron chi connectivity index (χ2n) is 3.91. The monoisotopic (exact) mass is 311 g/mol. The van der Waals surface area contributed by atoms with Gasteiger partial charge < -0.3 is 14.9 Å². The third kappa shape index (κ3) is 3.43. The molecule has 1 amide bonds. The van der Waals surface area contributed by atoms with Crippen LogP contribution in [0.2, 0.25) is 0 Å². The van der Waals surface area contributed by atoms with Crippen molar-refractivity contribution in [1.29, 1.82) is 0 Å². The van der Waals surface area contributed by atoms with Gasteiger partial charge in [0.15, 0.2) is 5.69 Å². The number of carbonyl (C=O) groups is 2. The van der Waals surface area contributed by atoms with Gasteiger partial charge in [-0.1, -0.05) is 11.2 Å². The average Bonchev–Trinajstić information content (AvgIpc) is 2.88. The lowest BCUT2D eigenvalue weighted by Gasteiger charge is -2.04. The van der Waals surface area contributed by atoms with Gasteiger partial charge in [-0.3, -0.25) is 4.79 Å². The average molecular weight is 311 g/mol. The first-order valence-corrected chi connectivity index (χ1v) is 6.96. The molecule has 110 valence electrons. The van der Waals surface area contributed by atoms with Crippen LogP contribution >= 0.6 is 0 Å². The zero-order valence-electron chi connectivity index (χ0n) is 10.3. The Balaban J connectivity index is 2.21. The predicted molar refractivity (Wildman–Crippen MR) is 69.2 cm³/mol. The maximum absolute atomic E-state index is 11.8. The van der Waals surface area contributed by atoms with Crippen LogP contribution in [0.25, 0.3) is 0 Å². The number of aromatic nitrogens is 1. The van der Waals surface area contributed by atoms with Crippen LogP contribution in [0.5, 0.6) is 0 Å². The van der Waals surface area contributed by atoms with Crippen molar-refractivity contribution in [3.8, 4) is 0 Å². The highest BCUT2D eigenvalue weighted by Gasteiger charge is 2.17. The first-order chi connectivity index (χ1) is 9.77. The van der Waals surface area contributed by atoms with Gasteiger partial charge in [-0.15, -0.1) is 0 Å². The number of anilines is 1. The lowest BCUT2D eigenvalue weighted by atomic mass is 10.3. The van der Waals surface area contributed by atoms with E-state index in [0.29, 0.717) is 0 Å². The van der Waals surface area contributed by atoms with E-state index in [0.717, 1.165) is 12.1 Å². The molecule has 1 aromatic carbocycles. The minimum Gasteiger partial charge on any atom is -0.475 e. The minimum atomic E-state index is -3.90. The summed E-state index contributed by atoms with van der Waals surface area (Å²) in [7, 11) is -3.90. The molecule has 0 fully saturated rings. The number of carboxylic acid groups (broad SMARTS) is 1. The Hall–Kier alpha value is -2.72. The zero-order chi connectivity index (χ0) is 15.6. The van der Waals surface area contributed by atoms with Crippen LogP contribution in [0, 0.1) is 0 Å². The number of nitrogens with one attached hydrogen (secondary N) is 1. The standard InChI is InChI=1S/C11H9N3O6S/c12-21(18,19)7-3-1-2-6(4-7)13-10(15)8-5-9(11(16)17)20-14-8/h1-5H,(H,13,15)(H,16,17)(H2,12,18,19). The van der Waals surface area contributed by atoms with E-state index >= 15 is 0 Å². The number of aromatic carboxylic acids is 1. The molecule has 0 saturated carbocycles. The number of benzene rings is 1. The molecule has 1 aromatic heterocycles. The van der Waals surface area contributed by atoms with Gasteiger partial charge in [-0.2, -0.15) is 0 Å². The van der Waals surface area contributed by atoms with Gasteiger partial charge in [-0.05, 0) is 18.2 Å². The van der Waals surface area contributed by atoms with Crippen LogP contribution in [-0.4, -0.2) is 30.6 Å². The number of rotatable bonds is 4. The second-order valence-corrected chi connectivity index (χ2v) is 5.47. The summed E-state index contributed by atoms with van der Waals surface area (Å²) in [4.78, 5) is 22.2. The second kappa shape index (κ2) is 5.34. The Morgan fingerprint density at radius 3 is 2.57 bits per heavy atom. The molecular formula is C11H9N3O6S. The highest BCUT2D eigenvalue weighted by Crippen LogP contribution is 2.15. The SMILES string of the molecule is NS(=O)(=O)c1cccc(NC(=O)c2cc(C(=O)O)on2)c1. The molecule has 0 saturated heterocycles. The molecular weight excluding hydrogens is 302 g/mol. The normalized spacial score (nSPS) is 11.1. The van der Waals surface area contributed by atoms with E-state index < -0.39 is 27.7 Å². The molecule has 0 radical (unpaired) electrons. The first kappa shape index (κ1) is 14.7. The van der Waals surface area contributed by atoms with Crippen molar-refractivity contribution in [2.75, 3.05) is 5.32 Å². The number of nitrogens with two attached hydrogens (primary N) is 1. The summed E-state index contributed by atoms with van der Waals surface area (Å²) in [5, 5.41) is 19.3. The van der Waals surface area contributed by atoms with Crippen LogP contribution in [-0.2, 0) is 10.0 Å². The van der Waals surface area contributed by atoms with Gasteiger partial charge >= 0.3 is 5.97 Å². The number of carbonyl (C=O) groups excluding carboxylic acids is 1. The quantitative estimate of drug-likeness (QED) is 0.732. The summed E-state index contributed by atoms with van der Waals surface area (Å²) in [5.74, 6) is -2.60. The van der Waals surface area contributed by atoms with Gasteiger partial charge in [0.05, 0.1) is 4.90 Å². The van der Waals surface area contributed by atoms with Crippen LogP contribution in [0.4, 0.5) is 5.69 Å². The summed E-state index contributed by atoms with van der Waals surface area (Å²) in [6.07, 6.45) is 0. The van der Waals surface area contributed by atoms with Crippen molar-refractivity contribution < 1.29 is 27.6 Å². The molecule has 10 heteroatoms. The Morgan fingerprint density at radius 1 is 1.29 bits per heavy atom. The molecule has 0 atom stereocenters. The third-order valence-electron chi connectivity index (χ3n) is 2.37. The Bertz CT molecular complexity index is 811. The van der Waals surface area contributed by atoms with E-state index in [2.05, 4.69) is 15.0 Å². The van der Waals surface area contributed by atoms with E-state index in [1.807, 2.05) is 0 Å². The maximum atomic E-state index is 11.8. The lowest BCUT2D eigenvalue weighted by molar-refractivity contribution is 0.0651. The summed E-state index contributed by atoms with van der Waals surface area (Å²) in [6.45, 7) is 0. The summed E-state index contributed by atoms with van der Waals surface area (Å²) < 4.78 is 26.8. The highest BCUT2D eigenvalue weighted by molar-refractivity contribution is 7.89. The van der Waals surface area contributed by atoms with E-state index in [4.69, 9.17) is 10.2 Å². The summed E-state index contributed by atoms with van der Waals surface area (Å²) in [6, 6.07) is 6.20. The zero-order valence-corrected chi connectivity index (χ0v) is 11.1. The van der Waals surface area contributed by atoms with E-state index in [-0.39, 0.29) is 16.3 Å². The number of amides is 1. The minimum absolute atomic E-state index is 0.159. The topological polar surface area (TPSA) is 153 Å². The number of hydrogen-bond donors (Lipinski definition) is 3. The molecule has 0 unspecified atom stereocenters. The third-order valence-corrected chi connectivity index (χ3v) is 3.29. The molecule has 2 rings (SSSR count). The molecule has 0 spiro atoms. The number of hydrogen-bond acceptors (Lipinski definition) is 6. The van der Waals surface area contributed by atoms with Crippen molar-refractivity contribution in [1.82, 2.24) is 5.16 Å². The number of carboxylic acids is 1. The Kier molecular flexibility index (Phi) is 3.74. The fourth-order valence-corrected chi connectivity index (χ4v) is 1.99. The smallest absolute Gasteiger partial charge is 0.374 e. The molecule has 21 heavy (non-hydrogen) atoms. The Morgan fingerprint density at radius 2 is 2.00 bits per heavy atom. The molecule has 0 aliphatic heterocycles. The van der Waals surface area contributed by atoms with E-state index in [1.54, 1.807) is 0 Å². The molecule has 9 nitrogen and oxygen atoms in total. The van der Waals surface area contributed by atoms with E-state index in [9.17, 15) is 18.0 Å². The molecule has 2 aromatic rings. The van der Waals surface area contributed by atoms with Crippen molar-refractivity contribution >= 4 is 27.6 Å². The van der Waals surface area contributed by atoms with Crippen LogP contribution in [0.1, 0.15) is 21.0 Å². The van der Waals surface area contributed by atoms with Crippen molar-refractivity contribution in [2.24, 2.45) is 5.14 Å². The molecule has 0 aliphatic rings. The first-order valence-electron chi connectivity index (χ1n) is 5.41. The van der Waals surface area contributed by atoms with Crippen LogP contribution < -0.4 is 10.5 Å². The molecule has 1 heterocycles. The molecule has 0 aliphatic carbocycles. The highest BCUT2D eigenvalue weighted by atomic mass is 32.2. The maximum Gasteiger partial charge on any atom is 0.374 e. The molecule has 4 N–H and O–H groups in total. The van der Waals surface area contributed by atoms with E-state index in [1.165, 1.54) is 18.2 Å². The summed E-state index contributed by atoms with van der Waals surface area (Å²) in [5.41, 5.74) is -0.0974. The fourth-order valence-electron chi connectivity index (χ4n) is 1.43. The largest absolute Gasteiger partial charge is 0.475 e. The predicted octanol–water partition coefficient (Wildman–Crippen LogP) is 0.272. The van der Waals surface area contributed by atoms with Crippen molar-refractivity contribution in [3.63, 3.8) is 0 Å². The number of primary sulfonamides is 1.